The lowest BCUT2D eigenvalue weighted by Crippen LogP contribution is -2.56. The second-order valence-corrected chi connectivity index (χ2v) is 4.73. The maximum atomic E-state index is 9.86. The van der Waals surface area contributed by atoms with Crippen LogP contribution in [0.5, 0.6) is 0 Å². The molecule has 0 aromatic rings. The topological polar surface area (TPSA) is 84.2 Å². The van der Waals surface area contributed by atoms with Crippen LogP contribution in [0.15, 0.2) is 0 Å². The van der Waals surface area contributed by atoms with E-state index >= 15 is 0 Å². The second kappa shape index (κ2) is 3.99. The zero-order valence-electron chi connectivity index (χ0n) is 8.82. The molecule has 2 saturated heterocycles. The summed E-state index contributed by atoms with van der Waals surface area (Å²) >= 11 is 0. The van der Waals surface area contributed by atoms with Gasteiger partial charge >= 0.3 is 0 Å². The van der Waals surface area contributed by atoms with Crippen molar-refractivity contribution in [3.05, 3.63) is 0 Å². The van der Waals surface area contributed by atoms with E-state index in [1.165, 1.54) is 0 Å². The van der Waals surface area contributed by atoms with Gasteiger partial charge in [-0.2, -0.15) is 0 Å². The third-order valence-electron chi connectivity index (χ3n) is 3.90. The standard InChI is InChI=1S/C10H19NO4/c1-5-6(4-12)2-7(13)9-10(15)8(14)3-11(5)9/h5-10,12-15H,2-4H2,1H3/t5?,6?,7?,8-,9-,10?/m0/s1. The maximum absolute atomic E-state index is 9.86. The van der Waals surface area contributed by atoms with Crippen LogP contribution < -0.4 is 0 Å². The Balaban J connectivity index is 2.18. The van der Waals surface area contributed by atoms with Crippen LogP contribution in [0, 0.1) is 5.92 Å². The summed E-state index contributed by atoms with van der Waals surface area (Å²) in [6.45, 7) is 2.37. The van der Waals surface area contributed by atoms with Crippen molar-refractivity contribution in [2.45, 2.75) is 43.7 Å². The zero-order chi connectivity index (χ0) is 11.2. The summed E-state index contributed by atoms with van der Waals surface area (Å²) in [5, 5.41) is 38.3. The zero-order valence-corrected chi connectivity index (χ0v) is 8.82. The molecule has 0 radical (unpaired) electrons. The molecule has 4 N–H and O–H groups in total. The predicted octanol–water partition coefficient (Wildman–Crippen LogP) is -1.85. The molecule has 0 aromatic carbocycles. The smallest absolute Gasteiger partial charge is 0.0991 e. The minimum Gasteiger partial charge on any atom is -0.396 e. The lowest BCUT2D eigenvalue weighted by atomic mass is 9.85. The number of piperidine rings is 1. The molecule has 0 amide bonds. The van der Waals surface area contributed by atoms with Gasteiger partial charge in [-0.3, -0.25) is 4.90 Å². The molecule has 0 saturated carbocycles. The minimum atomic E-state index is -0.873. The van der Waals surface area contributed by atoms with E-state index in [1.54, 1.807) is 0 Å². The van der Waals surface area contributed by atoms with E-state index in [2.05, 4.69) is 0 Å². The molecule has 5 heteroatoms. The summed E-state index contributed by atoms with van der Waals surface area (Å²) in [6.07, 6.45) is -1.83. The highest BCUT2D eigenvalue weighted by molar-refractivity contribution is 5.03. The Bertz CT molecular complexity index is 237. The monoisotopic (exact) mass is 217 g/mol. The molecule has 2 aliphatic rings. The van der Waals surface area contributed by atoms with Crippen LogP contribution in [-0.2, 0) is 0 Å². The average molecular weight is 217 g/mol. The van der Waals surface area contributed by atoms with Gasteiger partial charge in [0.25, 0.3) is 0 Å². The Morgan fingerprint density at radius 1 is 1.20 bits per heavy atom. The van der Waals surface area contributed by atoms with Gasteiger partial charge < -0.3 is 20.4 Å². The largest absolute Gasteiger partial charge is 0.396 e. The fourth-order valence-corrected chi connectivity index (χ4v) is 2.90. The normalized spacial score (nSPS) is 51.8. The van der Waals surface area contributed by atoms with Crippen LogP contribution in [0.1, 0.15) is 13.3 Å². The number of nitrogens with zero attached hydrogens (tertiary/aromatic N) is 1. The summed E-state index contributed by atoms with van der Waals surface area (Å²) < 4.78 is 0. The molecule has 0 aliphatic carbocycles. The van der Waals surface area contributed by atoms with E-state index in [9.17, 15) is 15.3 Å². The number of aliphatic hydroxyl groups excluding tert-OH is 4. The molecule has 2 fully saturated rings. The van der Waals surface area contributed by atoms with E-state index in [-0.39, 0.29) is 24.6 Å². The number of aliphatic hydroxyl groups is 4. The highest BCUT2D eigenvalue weighted by atomic mass is 16.3. The molecule has 5 nitrogen and oxygen atoms in total. The summed E-state index contributed by atoms with van der Waals surface area (Å²) in [6, 6.07) is -0.284. The SMILES string of the molecule is CC1C(CO)CC(O)[C@H]2C(O)[C@@H](O)CN12. The number of rotatable bonds is 1. The van der Waals surface area contributed by atoms with Crippen molar-refractivity contribution in [3.8, 4) is 0 Å². The van der Waals surface area contributed by atoms with Crippen LogP contribution in [0.4, 0.5) is 0 Å². The molecular formula is C10H19NO4. The first-order valence-corrected chi connectivity index (χ1v) is 5.47. The Kier molecular flexibility index (Phi) is 3.00. The number of fused-ring (bicyclic) bond motifs is 1. The number of hydrogen-bond donors (Lipinski definition) is 4. The Morgan fingerprint density at radius 3 is 2.47 bits per heavy atom. The second-order valence-electron chi connectivity index (χ2n) is 4.73. The Morgan fingerprint density at radius 2 is 1.87 bits per heavy atom. The van der Waals surface area contributed by atoms with Gasteiger partial charge in [-0.05, 0) is 19.3 Å². The van der Waals surface area contributed by atoms with Gasteiger partial charge in [0.05, 0.1) is 24.4 Å². The Labute approximate surface area is 88.9 Å². The van der Waals surface area contributed by atoms with Crippen molar-refractivity contribution in [2.75, 3.05) is 13.2 Å². The van der Waals surface area contributed by atoms with Gasteiger partial charge in [0.2, 0.25) is 0 Å². The highest BCUT2D eigenvalue weighted by Gasteiger charge is 2.50. The first-order chi connectivity index (χ1) is 7.06. The molecule has 0 bridgehead atoms. The lowest BCUT2D eigenvalue weighted by Gasteiger charge is -2.43. The first kappa shape index (κ1) is 11.3. The van der Waals surface area contributed by atoms with Gasteiger partial charge in [0.15, 0.2) is 0 Å². The van der Waals surface area contributed by atoms with E-state index in [0.717, 1.165) is 0 Å². The average Bonchev–Trinajstić information content (AvgIpc) is 2.50. The molecular weight excluding hydrogens is 198 g/mol. The van der Waals surface area contributed by atoms with Gasteiger partial charge in [0, 0.05) is 19.2 Å². The molecule has 2 aliphatic heterocycles. The van der Waals surface area contributed by atoms with Gasteiger partial charge in [-0.25, -0.2) is 0 Å². The van der Waals surface area contributed by atoms with Crippen LogP contribution in [0.3, 0.4) is 0 Å². The molecule has 2 heterocycles. The van der Waals surface area contributed by atoms with Crippen molar-refractivity contribution in [1.29, 1.82) is 0 Å². The molecule has 4 unspecified atom stereocenters. The summed E-state index contributed by atoms with van der Waals surface area (Å²) in [5.41, 5.74) is 0. The summed E-state index contributed by atoms with van der Waals surface area (Å²) in [5.74, 6) is 0.0220. The van der Waals surface area contributed by atoms with Gasteiger partial charge in [0.1, 0.15) is 0 Å². The van der Waals surface area contributed by atoms with Crippen molar-refractivity contribution in [3.63, 3.8) is 0 Å². The maximum Gasteiger partial charge on any atom is 0.0991 e. The lowest BCUT2D eigenvalue weighted by molar-refractivity contribution is -0.0714. The van der Waals surface area contributed by atoms with Crippen LogP contribution in [-0.4, -0.2) is 68.9 Å². The molecule has 0 spiro atoms. The van der Waals surface area contributed by atoms with Crippen molar-refractivity contribution < 1.29 is 20.4 Å². The third kappa shape index (κ3) is 1.68. The van der Waals surface area contributed by atoms with Crippen LogP contribution in [0.2, 0.25) is 0 Å². The molecule has 6 atom stereocenters. The fourth-order valence-electron chi connectivity index (χ4n) is 2.90. The van der Waals surface area contributed by atoms with Crippen LogP contribution >= 0.6 is 0 Å². The van der Waals surface area contributed by atoms with E-state index in [4.69, 9.17) is 5.11 Å². The van der Waals surface area contributed by atoms with E-state index < -0.39 is 18.3 Å². The van der Waals surface area contributed by atoms with Crippen LogP contribution in [0.25, 0.3) is 0 Å². The highest BCUT2D eigenvalue weighted by Crippen LogP contribution is 2.34. The van der Waals surface area contributed by atoms with Crippen molar-refractivity contribution >= 4 is 0 Å². The summed E-state index contributed by atoms with van der Waals surface area (Å²) in [4.78, 5) is 1.91. The number of hydrogen-bond acceptors (Lipinski definition) is 5. The first-order valence-electron chi connectivity index (χ1n) is 5.47. The van der Waals surface area contributed by atoms with Gasteiger partial charge in [-0.15, -0.1) is 0 Å². The fraction of sp³-hybridized carbons (Fsp3) is 1.00. The van der Waals surface area contributed by atoms with E-state index in [0.29, 0.717) is 13.0 Å². The molecule has 88 valence electrons. The Hall–Kier alpha value is -0.200. The minimum absolute atomic E-state index is 0.0220. The summed E-state index contributed by atoms with van der Waals surface area (Å²) in [7, 11) is 0. The van der Waals surface area contributed by atoms with Crippen molar-refractivity contribution in [1.82, 2.24) is 4.90 Å². The molecule has 0 aromatic heterocycles. The predicted molar refractivity (Wildman–Crippen MR) is 53.2 cm³/mol. The van der Waals surface area contributed by atoms with E-state index in [1.807, 2.05) is 11.8 Å². The van der Waals surface area contributed by atoms with Crippen molar-refractivity contribution in [2.24, 2.45) is 5.92 Å². The quantitative estimate of drug-likeness (QED) is 0.414. The van der Waals surface area contributed by atoms with Gasteiger partial charge in [-0.1, -0.05) is 0 Å². The molecule has 2 rings (SSSR count). The molecule has 15 heavy (non-hydrogen) atoms. The third-order valence-corrected chi connectivity index (χ3v) is 3.90.